The molecule has 26 heavy (non-hydrogen) atoms. The molecule has 0 spiro atoms. The molecule has 3 rings (SSSR count). The van der Waals surface area contributed by atoms with E-state index in [2.05, 4.69) is 29.2 Å². The molecule has 1 aliphatic rings. The molecule has 0 aliphatic carbocycles. The first kappa shape index (κ1) is 18.8. The molecule has 0 saturated carbocycles. The van der Waals surface area contributed by atoms with E-state index < -0.39 is 11.7 Å². The van der Waals surface area contributed by atoms with Crippen LogP contribution in [0.2, 0.25) is 0 Å². The van der Waals surface area contributed by atoms with Gasteiger partial charge in [0.1, 0.15) is 12.4 Å². The maximum atomic E-state index is 12.7. The molecule has 0 bridgehead atoms. The number of hydrogen-bond donors (Lipinski definition) is 0. The Balaban J connectivity index is 1.39. The van der Waals surface area contributed by atoms with E-state index in [-0.39, 0.29) is 5.75 Å². The summed E-state index contributed by atoms with van der Waals surface area (Å²) < 4.78 is 43.7. The van der Waals surface area contributed by atoms with Crippen LogP contribution in [0.3, 0.4) is 0 Å². The highest BCUT2D eigenvalue weighted by Gasteiger charge is 2.30. The molecule has 0 atom stereocenters. The van der Waals surface area contributed by atoms with Gasteiger partial charge in [0, 0.05) is 6.54 Å². The van der Waals surface area contributed by atoms with E-state index in [0.29, 0.717) is 12.5 Å². The lowest BCUT2D eigenvalue weighted by molar-refractivity contribution is -0.137. The second-order valence-corrected chi connectivity index (χ2v) is 6.85. The van der Waals surface area contributed by atoms with Gasteiger partial charge in [0.05, 0.1) is 5.56 Å². The Morgan fingerprint density at radius 2 is 1.69 bits per heavy atom. The van der Waals surface area contributed by atoms with Gasteiger partial charge in [0.25, 0.3) is 0 Å². The van der Waals surface area contributed by atoms with Crippen LogP contribution in [0.25, 0.3) is 0 Å². The van der Waals surface area contributed by atoms with Gasteiger partial charge < -0.3 is 4.74 Å². The standard InChI is InChI=1S/C21H24F3NO/c22-21(23,24)19-7-4-8-20(16-19)26-14-13-25-11-9-18(10-12-25)15-17-5-2-1-3-6-17/h1-8,16,18H,9-15H2. The van der Waals surface area contributed by atoms with Gasteiger partial charge in [-0.3, -0.25) is 4.90 Å². The largest absolute Gasteiger partial charge is 0.492 e. The molecule has 1 heterocycles. The highest BCUT2D eigenvalue weighted by Crippen LogP contribution is 2.31. The van der Waals surface area contributed by atoms with Gasteiger partial charge in [-0.15, -0.1) is 0 Å². The Hall–Kier alpha value is -2.01. The van der Waals surface area contributed by atoms with E-state index in [0.717, 1.165) is 51.0 Å². The third kappa shape index (κ3) is 5.49. The number of piperidine rings is 1. The maximum Gasteiger partial charge on any atom is 0.416 e. The number of halogens is 3. The zero-order valence-electron chi connectivity index (χ0n) is 14.7. The van der Waals surface area contributed by atoms with E-state index >= 15 is 0 Å². The Labute approximate surface area is 152 Å². The van der Waals surface area contributed by atoms with Gasteiger partial charge in [0.2, 0.25) is 0 Å². The minimum absolute atomic E-state index is 0.277. The highest BCUT2D eigenvalue weighted by atomic mass is 19.4. The minimum atomic E-state index is -4.33. The average molecular weight is 363 g/mol. The summed E-state index contributed by atoms with van der Waals surface area (Å²) in [6, 6.07) is 15.6. The van der Waals surface area contributed by atoms with Crippen LogP contribution in [0.4, 0.5) is 13.2 Å². The third-order valence-electron chi connectivity index (χ3n) is 4.91. The Morgan fingerprint density at radius 3 is 2.38 bits per heavy atom. The number of benzene rings is 2. The van der Waals surface area contributed by atoms with Gasteiger partial charge >= 0.3 is 6.18 Å². The first-order valence-electron chi connectivity index (χ1n) is 9.07. The van der Waals surface area contributed by atoms with Gasteiger partial charge in [-0.05, 0) is 62.0 Å². The van der Waals surface area contributed by atoms with Crippen LogP contribution in [0.1, 0.15) is 24.0 Å². The lowest BCUT2D eigenvalue weighted by Gasteiger charge is -2.31. The van der Waals surface area contributed by atoms with E-state index in [1.54, 1.807) is 6.07 Å². The number of ether oxygens (including phenoxy) is 1. The molecule has 1 aliphatic heterocycles. The Morgan fingerprint density at radius 1 is 0.962 bits per heavy atom. The third-order valence-corrected chi connectivity index (χ3v) is 4.91. The van der Waals surface area contributed by atoms with Gasteiger partial charge in [0.15, 0.2) is 0 Å². The van der Waals surface area contributed by atoms with E-state index in [1.807, 2.05) is 6.07 Å². The number of rotatable bonds is 6. The monoisotopic (exact) mass is 363 g/mol. The van der Waals surface area contributed by atoms with Crippen LogP contribution in [-0.2, 0) is 12.6 Å². The zero-order chi connectivity index (χ0) is 18.4. The maximum absolute atomic E-state index is 12.7. The Bertz CT molecular complexity index is 679. The second kappa shape index (κ2) is 8.58. The van der Waals surface area contributed by atoms with Crippen molar-refractivity contribution in [2.45, 2.75) is 25.4 Å². The van der Waals surface area contributed by atoms with Crippen LogP contribution >= 0.6 is 0 Å². The van der Waals surface area contributed by atoms with Crippen LogP contribution in [0, 0.1) is 5.92 Å². The topological polar surface area (TPSA) is 12.5 Å². The van der Waals surface area contributed by atoms with E-state index in [4.69, 9.17) is 4.74 Å². The lowest BCUT2D eigenvalue weighted by atomic mass is 9.90. The molecular formula is C21H24F3NO. The van der Waals surface area contributed by atoms with Crippen molar-refractivity contribution in [2.24, 2.45) is 5.92 Å². The van der Waals surface area contributed by atoms with Crippen molar-refractivity contribution in [1.82, 2.24) is 4.90 Å². The van der Waals surface area contributed by atoms with Gasteiger partial charge in [-0.25, -0.2) is 0 Å². The molecule has 0 aromatic heterocycles. The van der Waals surface area contributed by atoms with Crippen molar-refractivity contribution >= 4 is 0 Å². The lowest BCUT2D eigenvalue weighted by Crippen LogP contribution is -2.37. The molecule has 2 nitrogen and oxygen atoms in total. The molecule has 2 aromatic rings. The smallest absolute Gasteiger partial charge is 0.416 e. The predicted molar refractivity (Wildman–Crippen MR) is 96.2 cm³/mol. The molecule has 0 N–H and O–H groups in total. The molecule has 2 aromatic carbocycles. The molecule has 1 fully saturated rings. The zero-order valence-corrected chi connectivity index (χ0v) is 14.7. The quantitative estimate of drug-likeness (QED) is 0.713. The Kier molecular flexibility index (Phi) is 6.20. The van der Waals surface area contributed by atoms with E-state index in [1.165, 1.54) is 11.6 Å². The summed E-state index contributed by atoms with van der Waals surface area (Å²) in [5.41, 5.74) is 0.718. The SMILES string of the molecule is FC(F)(F)c1cccc(OCCN2CCC(Cc3ccccc3)CC2)c1. The molecule has 5 heteroatoms. The van der Waals surface area contributed by atoms with Crippen molar-refractivity contribution < 1.29 is 17.9 Å². The molecule has 0 unspecified atom stereocenters. The minimum Gasteiger partial charge on any atom is -0.492 e. The number of likely N-dealkylation sites (tertiary alicyclic amines) is 1. The normalized spacial score (nSPS) is 16.6. The fourth-order valence-corrected chi connectivity index (χ4v) is 3.42. The summed E-state index contributed by atoms with van der Waals surface area (Å²) in [6.07, 6.45) is -0.910. The van der Waals surface area contributed by atoms with E-state index in [9.17, 15) is 13.2 Å². The predicted octanol–water partition coefficient (Wildman–Crippen LogP) is 5.04. The molecule has 0 radical (unpaired) electrons. The average Bonchev–Trinajstić information content (AvgIpc) is 2.64. The first-order chi connectivity index (χ1) is 12.5. The van der Waals surface area contributed by atoms with Crippen LogP contribution in [-0.4, -0.2) is 31.1 Å². The summed E-state index contributed by atoms with van der Waals surface area (Å²) in [6.45, 7) is 3.19. The van der Waals surface area contributed by atoms with Crippen molar-refractivity contribution in [3.05, 3.63) is 65.7 Å². The summed E-state index contributed by atoms with van der Waals surface area (Å²) in [4.78, 5) is 2.33. The van der Waals surface area contributed by atoms with Crippen LogP contribution in [0.5, 0.6) is 5.75 Å². The van der Waals surface area contributed by atoms with Crippen molar-refractivity contribution in [3.8, 4) is 5.75 Å². The second-order valence-electron chi connectivity index (χ2n) is 6.85. The molecule has 1 saturated heterocycles. The van der Waals surface area contributed by atoms with Crippen molar-refractivity contribution in [1.29, 1.82) is 0 Å². The number of nitrogens with zero attached hydrogens (tertiary/aromatic N) is 1. The summed E-state index contributed by atoms with van der Waals surface area (Å²) in [7, 11) is 0. The fraction of sp³-hybridized carbons (Fsp3) is 0.429. The van der Waals surface area contributed by atoms with Gasteiger partial charge in [-0.2, -0.15) is 13.2 Å². The summed E-state index contributed by atoms with van der Waals surface area (Å²) in [5.74, 6) is 0.983. The summed E-state index contributed by atoms with van der Waals surface area (Å²) in [5, 5.41) is 0. The number of alkyl halides is 3. The van der Waals surface area contributed by atoms with Crippen LogP contribution in [0.15, 0.2) is 54.6 Å². The van der Waals surface area contributed by atoms with Gasteiger partial charge in [-0.1, -0.05) is 36.4 Å². The first-order valence-corrected chi connectivity index (χ1v) is 9.07. The fourth-order valence-electron chi connectivity index (χ4n) is 3.42. The van der Waals surface area contributed by atoms with Crippen molar-refractivity contribution in [2.75, 3.05) is 26.2 Å². The molecular weight excluding hydrogens is 339 g/mol. The van der Waals surface area contributed by atoms with Crippen LogP contribution < -0.4 is 4.74 Å². The molecule has 0 amide bonds. The number of hydrogen-bond acceptors (Lipinski definition) is 2. The highest BCUT2D eigenvalue weighted by molar-refractivity contribution is 5.30. The molecule has 140 valence electrons. The van der Waals surface area contributed by atoms with Crippen molar-refractivity contribution in [3.63, 3.8) is 0 Å². The summed E-state index contributed by atoms with van der Waals surface area (Å²) >= 11 is 0.